The molecule has 1 aromatic heterocycles. The van der Waals surface area contributed by atoms with Gasteiger partial charge in [0.25, 0.3) is 0 Å². The predicted molar refractivity (Wildman–Crippen MR) is 92.9 cm³/mol. The van der Waals surface area contributed by atoms with Crippen molar-refractivity contribution in [2.24, 2.45) is 0 Å². The number of nitrogens with zero attached hydrogens (tertiary/aromatic N) is 1. The summed E-state index contributed by atoms with van der Waals surface area (Å²) in [4.78, 5) is 13.2. The molecule has 2 rings (SSSR count). The molecule has 0 aliphatic carbocycles. The number of hydrogen-bond acceptors (Lipinski definition) is 4. The van der Waals surface area contributed by atoms with E-state index in [4.69, 9.17) is 4.89 Å². The van der Waals surface area contributed by atoms with Crippen molar-refractivity contribution in [3.63, 3.8) is 0 Å². The Morgan fingerprint density at radius 2 is 1.96 bits per heavy atom. The van der Waals surface area contributed by atoms with Gasteiger partial charge in [-0.1, -0.05) is 30.3 Å². The van der Waals surface area contributed by atoms with Gasteiger partial charge in [-0.3, -0.25) is 4.98 Å². The van der Waals surface area contributed by atoms with Gasteiger partial charge in [0.15, 0.2) is 0 Å². The molecule has 2 aromatic rings. The average molecular weight is 356 g/mol. The van der Waals surface area contributed by atoms with Gasteiger partial charge in [0.1, 0.15) is 0 Å². The quantitative estimate of drug-likeness (QED) is 0.633. The molecular formula is C16H21ClN2O3P+. The number of aliphatic hydroxyl groups excluding tert-OH is 1. The molecule has 2 atom stereocenters. The summed E-state index contributed by atoms with van der Waals surface area (Å²) in [6.07, 6.45) is 1.88. The Hall–Kier alpha value is -1.36. The summed E-state index contributed by atoms with van der Waals surface area (Å²) in [6, 6.07) is 13.2. The van der Waals surface area contributed by atoms with Crippen molar-refractivity contribution < 1.29 is 14.6 Å². The SMILES string of the molecule is Cl.O=[P+](O)Cc1cccc(C[C@H](O)CNCc2ccccn2)c1. The lowest BCUT2D eigenvalue weighted by molar-refractivity contribution is 0.171. The highest BCUT2D eigenvalue weighted by atomic mass is 35.5. The molecule has 1 aromatic carbocycles. The smallest absolute Gasteiger partial charge is 0.391 e. The third-order valence-corrected chi connectivity index (χ3v) is 3.83. The van der Waals surface area contributed by atoms with Crippen molar-refractivity contribution >= 4 is 20.4 Å². The van der Waals surface area contributed by atoms with E-state index in [0.717, 1.165) is 16.8 Å². The molecule has 0 bridgehead atoms. The van der Waals surface area contributed by atoms with Gasteiger partial charge in [0, 0.05) is 24.8 Å². The maximum absolute atomic E-state index is 10.9. The number of hydrogen-bond donors (Lipinski definition) is 3. The third-order valence-electron chi connectivity index (χ3n) is 3.19. The van der Waals surface area contributed by atoms with E-state index in [0.29, 0.717) is 19.5 Å². The standard InChI is InChI=1S/C16H19N2O3P.ClH/c19-16(11-17-10-15-6-1-2-7-18-15)9-13-4-3-5-14(8-13)12-22(20)21;/h1-8,16-17,19H,9-12H2;1H/p+1/t16-;/m0./s1. The molecule has 0 saturated carbocycles. The van der Waals surface area contributed by atoms with E-state index >= 15 is 0 Å². The summed E-state index contributed by atoms with van der Waals surface area (Å²) in [5.74, 6) is 0. The van der Waals surface area contributed by atoms with Crippen LogP contribution in [-0.2, 0) is 23.7 Å². The van der Waals surface area contributed by atoms with Crippen LogP contribution < -0.4 is 5.32 Å². The molecule has 23 heavy (non-hydrogen) atoms. The zero-order valence-electron chi connectivity index (χ0n) is 12.6. The van der Waals surface area contributed by atoms with Crippen LogP contribution in [0.5, 0.6) is 0 Å². The molecule has 0 aliphatic heterocycles. The monoisotopic (exact) mass is 355 g/mol. The number of halogens is 1. The predicted octanol–water partition coefficient (Wildman–Crippen LogP) is 2.43. The summed E-state index contributed by atoms with van der Waals surface area (Å²) in [6.45, 7) is 1.08. The average Bonchev–Trinajstić information content (AvgIpc) is 2.48. The number of nitrogens with one attached hydrogen (secondary N) is 1. The summed E-state index contributed by atoms with van der Waals surface area (Å²) >= 11 is 0. The zero-order valence-corrected chi connectivity index (χ0v) is 14.3. The second-order valence-corrected chi connectivity index (χ2v) is 6.16. The Bertz CT molecular complexity index is 613. The van der Waals surface area contributed by atoms with Crippen molar-refractivity contribution in [2.75, 3.05) is 6.54 Å². The lowest BCUT2D eigenvalue weighted by Crippen LogP contribution is -2.28. The van der Waals surface area contributed by atoms with Crippen LogP contribution in [0.15, 0.2) is 48.7 Å². The summed E-state index contributed by atoms with van der Waals surface area (Å²) in [5, 5.41) is 13.2. The molecule has 7 heteroatoms. The Morgan fingerprint density at radius 1 is 1.17 bits per heavy atom. The van der Waals surface area contributed by atoms with E-state index < -0.39 is 14.1 Å². The molecule has 1 heterocycles. The highest BCUT2D eigenvalue weighted by Gasteiger charge is 2.12. The first kappa shape index (κ1) is 19.7. The van der Waals surface area contributed by atoms with E-state index in [1.54, 1.807) is 6.20 Å². The van der Waals surface area contributed by atoms with E-state index in [2.05, 4.69) is 10.3 Å². The number of pyridine rings is 1. The second kappa shape index (κ2) is 10.4. The topological polar surface area (TPSA) is 82.5 Å². The molecule has 0 fully saturated rings. The zero-order chi connectivity index (χ0) is 15.8. The van der Waals surface area contributed by atoms with Gasteiger partial charge in [-0.05, 0) is 28.7 Å². The van der Waals surface area contributed by atoms with Gasteiger partial charge in [0.2, 0.25) is 6.16 Å². The van der Waals surface area contributed by atoms with Crippen LogP contribution in [0.3, 0.4) is 0 Å². The number of aromatic nitrogens is 1. The van der Waals surface area contributed by atoms with Crippen LogP contribution in [0.2, 0.25) is 0 Å². The first-order valence-electron chi connectivity index (χ1n) is 7.13. The van der Waals surface area contributed by atoms with Gasteiger partial charge in [-0.25, -0.2) is 0 Å². The summed E-state index contributed by atoms with van der Waals surface area (Å²) in [5.41, 5.74) is 2.71. The normalized spacial score (nSPS) is 12.3. The molecule has 124 valence electrons. The highest BCUT2D eigenvalue weighted by Crippen LogP contribution is 2.21. The van der Waals surface area contributed by atoms with Crippen molar-refractivity contribution in [3.05, 3.63) is 65.5 Å². The largest absolute Gasteiger partial charge is 0.510 e. The van der Waals surface area contributed by atoms with E-state index in [-0.39, 0.29) is 18.6 Å². The molecule has 0 amide bonds. The van der Waals surface area contributed by atoms with Gasteiger partial charge in [0.05, 0.1) is 11.8 Å². The van der Waals surface area contributed by atoms with Crippen molar-refractivity contribution in [2.45, 2.75) is 25.2 Å². The number of aliphatic hydroxyl groups is 1. The Labute approximate surface area is 143 Å². The fourth-order valence-electron chi connectivity index (χ4n) is 2.22. The molecule has 0 radical (unpaired) electrons. The van der Waals surface area contributed by atoms with Crippen molar-refractivity contribution in [1.82, 2.24) is 10.3 Å². The summed E-state index contributed by atoms with van der Waals surface area (Å²) in [7, 11) is -2.18. The maximum Gasteiger partial charge on any atom is 0.510 e. The molecule has 5 nitrogen and oxygen atoms in total. The minimum Gasteiger partial charge on any atom is -0.391 e. The first-order valence-corrected chi connectivity index (χ1v) is 8.53. The fraction of sp³-hybridized carbons (Fsp3) is 0.312. The molecule has 0 saturated heterocycles. The maximum atomic E-state index is 10.9. The van der Waals surface area contributed by atoms with Crippen LogP contribution in [-0.4, -0.2) is 27.6 Å². The van der Waals surface area contributed by atoms with Crippen molar-refractivity contribution in [3.8, 4) is 0 Å². The third kappa shape index (κ3) is 7.64. The molecular weight excluding hydrogens is 335 g/mol. The van der Waals surface area contributed by atoms with Gasteiger partial charge in [-0.15, -0.1) is 12.4 Å². The lowest BCUT2D eigenvalue weighted by atomic mass is 10.1. The fourth-order valence-corrected chi connectivity index (χ4v) is 2.73. The first-order chi connectivity index (χ1) is 10.6. The van der Waals surface area contributed by atoms with E-state index in [9.17, 15) is 9.67 Å². The molecule has 0 spiro atoms. The molecule has 0 aliphatic rings. The van der Waals surface area contributed by atoms with Gasteiger partial charge >= 0.3 is 8.03 Å². The van der Waals surface area contributed by atoms with Gasteiger partial charge < -0.3 is 10.4 Å². The van der Waals surface area contributed by atoms with E-state index in [1.807, 2.05) is 42.5 Å². The molecule has 1 unspecified atom stereocenters. The summed E-state index contributed by atoms with van der Waals surface area (Å²) < 4.78 is 10.9. The minimum absolute atomic E-state index is 0. The number of benzene rings is 1. The van der Waals surface area contributed by atoms with Crippen LogP contribution in [0.4, 0.5) is 0 Å². The van der Waals surface area contributed by atoms with E-state index in [1.165, 1.54) is 0 Å². The molecule has 3 N–H and O–H groups in total. The Kier molecular flexibility index (Phi) is 8.92. The highest BCUT2D eigenvalue weighted by molar-refractivity contribution is 7.37. The van der Waals surface area contributed by atoms with Crippen LogP contribution in [0.1, 0.15) is 16.8 Å². The van der Waals surface area contributed by atoms with Crippen LogP contribution >= 0.6 is 20.4 Å². The van der Waals surface area contributed by atoms with Crippen LogP contribution in [0, 0.1) is 0 Å². The Balaban J connectivity index is 0.00000264. The van der Waals surface area contributed by atoms with Gasteiger partial charge in [-0.2, -0.15) is 4.89 Å². The lowest BCUT2D eigenvalue weighted by Gasteiger charge is -2.12. The Morgan fingerprint density at radius 3 is 2.65 bits per heavy atom. The van der Waals surface area contributed by atoms with Crippen LogP contribution in [0.25, 0.3) is 0 Å². The minimum atomic E-state index is -2.18. The second-order valence-electron chi connectivity index (χ2n) is 5.14. The van der Waals surface area contributed by atoms with Crippen molar-refractivity contribution in [1.29, 1.82) is 0 Å². The number of rotatable bonds is 8.